The summed E-state index contributed by atoms with van der Waals surface area (Å²) in [6.07, 6.45) is 10.4. The first-order chi connectivity index (χ1) is 18.9. The Kier molecular flexibility index (Phi) is 7.00. The van der Waals surface area contributed by atoms with Crippen molar-refractivity contribution in [3.63, 3.8) is 0 Å². The van der Waals surface area contributed by atoms with Gasteiger partial charge in [0.15, 0.2) is 5.78 Å². The molecule has 6 heteroatoms. The molecule has 1 saturated carbocycles. The van der Waals surface area contributed by atoms with Crippen molar-refractivity contribution in [1.29, 1.82) is 0 Å². The maximum atomic E-state index is 13.5. The first kappa shape index (κ1) is 26.1. The number of allylic oxidation sites excluding steroid dienone is 1. The van der Waals surface area contributed by atoms with Gasteiger partial charge < -0.3 is 10.0 Å². The van der Waals surface area contributed by atoms with Gasteiger partial charge in [0.1, 0.15) is 6.61 Å². The summed E-state index contributed by atoms with van der Waals surface area (Å²) in [4.78, 5) is 37.1. The van der Waals surface area contributed by atoms with Crippen molar-refractivity contribution in [1.82, 2.24) is 9.88 Å². The van der Waals surface area contributed by atoms with Gasteiger partial charge in [-0.3, -0.25) is 19.6 Å². The summed E-state index contributed by atoms with van der Waals surface area (Å²) in [5, 5.41) is 9.23. The fourth-order valence-electron chi connectivity index (χ4n) is 7.23. The lowest BCUT2D eigenvalue weighted by molar-refractivity contribution is -0.139. The quantitative estimate of drug-likeness (QED) is 0.493. The van der Waals surface area contributed by atoms with E-state index in [0.717, 1.165) is 41.3 Å². The number of aliphatic imine (C=N–C) groups is 1. The number of aliphatic hydroxyl groups excluding tert-OH is 1. The number of fused-ring (bicyclic) bond motifs is 3. The van der Waals surface area contributed by atoms with Gasteiger partial charge in [0.2, 0.25) is 5.91 Å². The molecule has 0 radical (unpaired) electrons. The van der Waals surface area contributed by atoms with Crippen LogP contribution in [0.4, 0.5) is 0 Å². The van der Waals surface area contributed by atoms with Gasteiger partial charge in [-0.2, -0.15) is 0 Å². The van der Waals surface area contributed by atoms with Gasteiger partial charge in [0, 0.05) is 49.0 Å². The van der Waals surface area contributed by atoms with Crippen LogP contribution >= 0.6 is 0 Å². The maximum Gasteiger partial charge on any atom is 0.226 e. The molecule has 3 heterocycles. The maximum absolute atomic E-state index is 13.5. The number of pyridine rings is 1. The Morgan fingerprint density at radius 1 is 1.13 bits per heavy atom. The van der Waals surface area contributed by atoms with Crippen LogP contribution < -0.4 is 0 Å². The fraction of sp³-hybridized carbons (Fsp3) is 0.515. The van der Waals surface area contributed by atoms with Crippen LogP contribution in [0.3, 0.4) is 0 Å². The molecule has 6 rings (SSSR count). The number of aromatic nitrogens is 1. The molecule has 1 saturated heterocycles. The predicted octanol–water partition coefficient (Wildman–Crippen LogP) is 5.51. The minimum atomic E-state index is -0.514. The molecule has 2 aliphatic heterocycles. The predicted molar refractivity (Wildman–Crippen MR) is 153 cm³/mol. The Morgan fingerprint density at radius 2 is 1.97 bits per heavy atom. The van der Waals surface area contributed by atoms with E-state index < -0.39 is 12.5 Å². The van der Waals surface area contributed by atoms with E-state index in [0.29, 0.717) is 18.9 Å². The number of hydrogen-bond donors (Lipinski definition) is 1. The van der Waals surface area contributed by atoms with E-state index in [2.05, 4.69) is 31.2 Å². The molecular formula is C33H39N3O3. The van der Waals surface area contributed by atoms with Crippen LogP contribution in [-0.2, 0) is 16.0 Å². The summed E-state index contributed by atoms with van der Waals surface area (Å²) >= 11 is 0. The topological polar surface area (TPSA) is 82.9 Å². The minimum absolute atomic E-state index is 0.0100. The number of carbonyl (C=O) groups excluding carboxylic acids is 2. The first-order valence-corrected chi connectivity index (χ1v) is 14.6. The van der Waals surface area contributed by atoms with Gasteiger partial charge in [-0.15, -0.1) is 0 Å². The average Bonchev–Trinajstić information content (AvgIpc) is 3.65. The molecule has 1 aromatic heterocycles. The number of benzene rings is 1. The lowest BCUT2D eigenvalue weighted by Crippen LogP contribution is -2.45. The van der Waals surface area contributed by atoms with Crippen molar-refractivity contribution in [2.24, 2.45) is 22.7 Å². The largest absolute Gasteiger partial charge is 0.389 e. The van der Waals surface area contributed by atoms with Crippen LogP contribution in [0.5, 0.6) is 0 Å². The molecule has 6 nitrogen and oxygen atoms in total. The zero-order valence-corrected chi connectivity index (χ0v) is 23.3. The third-order valence-corrected chi connectivity index (χ3v) is 9.68. The molecule has 4 aliphatic rings. The van der Waals surface area contributed by atoms with Crippen LogP contribution in [-0.4, -0.2) is 51.6 Å². The first-order valence-electron chi connectivity index (χ1n) is 14.6. The number of aliphatic hydroxyl groups is 1. The van der Waals surface area contributed by atoms with E-state index in [4.69, 9.17) is 9.98 Å². The van der Waals surface area contributed by atoms with E-state index in [1.165, 1.54) is 30.4 Å². The molecule has 2 fully saturated rings. The van der Waals surface area contributed by atoms with Gasteiger partial charge in [0.05, 0.1) is 11.7 Å². The van der Waals surface area contributed by atoms with Crippen molar-refractivity contribution < 1.29 is 14.7 Å². The highest BCUT2D eigenvalue weighted by Crippen LogP contribution is 2.54. The number of likely N-dealkylation sites (tertiary alicyclic amines) is 1. The summed E-state index contributed by atoms with van der Waals surface area (Å²) < 4.78 is 0. The van der Waals surface area contributed by atoms with Crippen LogP contribution in [0.15, 0.2) is 41.7 Å². The van der Waals surface area contributed by atoms with Crippen molar-refractivity contribution in [3.8, 4) is 11.3 Å². The van der Waals surface area contributed by atoms with Gasteiger partial charge in [-0.1, -0.05) is 32.0 Å². The Labute approximate surface area is 231 Å². The average molecular weight is 526 g/mol. The third kappa shape index (κ3) is 4.67. The highest BCUT2D eigenvalue weighted by Gasteiger charge is 2.41. The second kappa shape index (κ2) is 10.5. The van der Waals surface area contributed by atoms with Crippen LogP contribution in [0, 0.1) is 24.7 Å². The number of Topliss-reactive ketones (excluding diaryl/α,β-unsaturated/α-hetero) is 1. The molecule has 4 atom stereocenters. The molecule has 1 amide bonds. The summed E-state index contributed by atoms with van der Waals surface area (Å²) in [6.45, 7) is 6.35. The van der Waals surface area contributed by atoms with E-state index in [1.54, 1.807) is 11.1 Å². The molecule has 39 heavy (non-hydrogen) atoms. The van der Waals surface area contributed by atoms with Gasteiger partial charge >= 0.3 is 0 Å². The normalized spacial score (nSPS) is 24.2. The number of nitrogens with zero attached hydrogens (tertiary/aromatic N) is 3. The van der Waals surface area contributed by atoms with Crippen LogP contribution in [0.2, 0.25) is 0 Å². The van der Waals surface area contributed by atoms with Crippen LogP contribution in [0.1, 0.15) is 80.5 Å². The molecule has 204 valence electrons. The van der Waals surface area contributed by atoms with Crippen molar-refractivity contribution >= 4 is 23.0 Å². The van der Waals surface area contributed by atoms with E-state index in [1.807, 2.05) is 31.1 Å². The number of hydrogen-bond acceptors (Lipinski definition) is 5. The Balaban J connectivity index is 1.15. The second-order valence-corrected chi connectivity index (χ2v) is 12.3. The summed E-state index contributed by atoms with van der Waals surface area (Å²) in [5.74, 6) is 0.887. The molecule has 1 N–H and O–H groups in total. The van der Waals surface area contributed by atoms with E-state index in [-0.39, 0.29) is 30.1 Å². The monoisotopic (exact) mass is 525 g/mol. The Bertz CT molecular complexity index is 1360. The summed E-state index contributed by atoms with van der Waals surface area (Å²) in [5.41, 5.74) is 10.1. The lowest BCUT2D eigenvalue weighted by Gasteiger charge is -2.31. The molecule has 2 aromatic rings. The standard InChI is InChI=1S/C33H39N3O3/c1-19(2)27(15-24(38)18-37)33(39)36-12-4-5-31(36)30-14-23(17-35-30)22-8-11-29(34-16-22)26-9-6-20(3)28-13-21-7-10-25(21)32(26)28/h6,8-9,11,16-17,19,21,25,27,31,37H,4-5,7,10,12-15,18H2,1-3H3/t21?,25?,27-,31-/m0/s1. The van der Waals surface area contributed by atoms with Crippen LogP contribution in [0.25, 0.3) is 16.8 Å². The van der Waals surface area contributed by atoms with Crippen molar-refractivity contribution in [3.05, 3.63) is 58.9 Å². The minimum Gasteiger partial charge on any atom is -0.389 e. The number of ketones is 1. The summed E-state index contributed by atoms with van der Waals surface area (Å²) in [7, 11) is 0. The SMILES string of the molecule is Cc1ccc(-c2ccc(C3=CN=C([C@@H]4CCCN4C(=O)[C@@H](CC(=O)CO)C(C)C)C3)cn2)c2c1CC1CCC21. The zero-order valence-electron chi connectivity index (χ0n) is 23.3. The fourth-order valence-corrected chi connectivity index (χ4v) is 7.23. The van der Waals surface area contributed by atoms with E-state index >= 15 is 0 Å². The van der Waals surface area contributed by atoms with Gasteiger partial charge in [0.25, 0.3) is 0 Å². The Morgan fingerprint density at radius 3 is 2.67 bits per heavy atom. The van der Waals surface area contributed by atoms with Gasteiger partial charge in [-0.25, -0.2) is 0 Å². The molecule has 0 spiro atoms. The number of carbonyl (C=O) groups is 2. The second-order valence-electron chi connectivity index (χ2n) is 12.3. The van der Waals surface area contributed by atoms with Crippen molar-refractivity contribution in [2.75, 3.05) is 13.2 Å². The highest BCUT2D eigenvalue weighted by atomic mass is 16.3. The number of rotatable bonds is 8. The third-order valence-electron chi connectivity index (χ3n) is 9.68. The van der Waals surface area contributed by atoms with Gasteiger partial charge in [-0.05, 0) is 90.7 Å². The Hall–Kier alpha value is -3.12. The smallest absolute Gasteiger partial charge is 0.226 e. The number of amides is 1. The number of aryl methyl sites for hydroxylation is 1. The zero-order chi connectivity index (χ0) is 27.3. The molecule has 2 aliphatic carbocycles. The molecule has 2 unspecified atom stereocenters. The summed E-state index contributed by atoms with van der Waals surface area (Å²) in [6, 6.07) is 8.80. The lowest BCUT2D eigenvalue weighted by atomic mass is 9.73. The van der Waals surface area contributed by atoms with E-state index in [9.17, 15) is 14.7 Å². The highest BCUT2D eigenvalue weighted by molar-refractivity contribution is 6.03. The molecule has 0 bridgehead atoms. The molecule has 1 aromatic carbocycles. The van der Waals surface area contributed by atoms with Crippen molar-refractivity contribution in [2.45, 2.75) is 77.7 Å². The molecular weight excluding hydrogens is 486 g/mol.